The molecule has 3 nitrogen and oxygen atoms in total. The minimum atomic E-state index is -0.825. The third-order valence-corrected chi connectivity index (χ3v) is 5.57. The van der Waals surface area contributed by atoms with E-state index in [1.54, 1.807) is 12.1 Å². The number of aryl methyl sites for hydroxylation is 1. The quantitative estimate of drug-likeness (QED) is 0.371. The van der Waals surface area contributed by atoms with Gasteiger partial charge in [0.2, 0.25) is 0 Å². The minimum Gasteiger partial charge on any atom is -0.481 e. The summed E-state index contributed by atoms with van der Waals surface area (Å²) in [5.74, 6) is -1.34. The normalized spacial score (nSPS) is 11.8. The molecule has 1 unspecified atom stereocenters. The van der Waals surface area contributed by atoms with Gasteiger partial charge >= 0.3 is 5.97 Å². The maximum absolute atomic E-state index is 12.5. The van der Waals surface area contributed by atoms with Crippen molar-refractivity contribution in [1.29, 1.82) is 0 Å². The zero-order valence-electron chi connectivity index (χ0n) is 16.8. The van der Waals surface area contributed by atoms with Crippen molar-refractivity contribution in [1.82, 2.24) is 0 Å². The van der Waals surface area contributed by atoms with E-state index in [1.807, 2.05) is 66.7 Å². The summed E-state index contributed by atoms with van der Waals surface area (Å²) in [7, 11) is 0. The molecular weight excluding hydrogens is 396 g/mol. The Hall–Kier alpha value is -2.91. The fraction of sp³-hybridized carbons (Fsp3) is 0.231. The second kappa shape index (κ2) is 10.7. The van der Waals surface area contributed by atoms with E-state index in [9.17, 15) is 14.7 Å². The van der Waals surface area contributed by atoms with Gasteiger partial charge in [-0.15, -0.1) is 0 Å². The lowest BCUT2D eigenvalue weighted by molar-refractivity contribution is -0.142. The molecule has 1 N–H and O–H groups in total. The first kappa shape index (κ1) is 21.8. The molecule has 154 valence electrons. The van der Waals surface area contributed by atoms with Gasteiger partial charge in [-0.2, -0.15) is 0 Å². The lowest BCUT2D eigenvalue weighted by Crippen LogP contribution is -2.15. The van der Waals surface area contributed by atoms with Gasteiger partial charge in [0.15, 0.2) is 5.78 Å². The number of ketones is 1. The maximum Gasteiger partial charge on any atom is 0.306 e. The first-order valence-electron chi connectivity index (χ1n) is 10.2. The van der Waals surface area contributed by atoms with Crippen LogP contribution in [0.25, 0.3) is 11.1 Å². The van der Waals surface area contributed by atoms with Crippen LogP contribution in [-0.2, 0) is 11.2 Å². The summed E-state index contributed by atoms with van der Waals surface area (Å²) in [6.07, 6.45) is 2.83. The number of hydrogen-bond acceptors (Lipinski definition) is 2. The number of aliphatic carboxylic acids is 1. The highest BCUT2D eigenvalue weighted by molar-refractivity contribution is 6.30. The number of Topliss-reactive ketones (excluding diaryl/α,β-unsaturated/α-hetero) is 1. The van der Waals surface area contributed by atoms with E-state index in [0.717, 1.165) is 24.0 Å². The second-order valence-corrected chi connectivity index (χ2v) is 7.90. The molecule has 0 aliphatic rings. The number of halogens is 1. The smallest absolute Gasteiger partial charge is 0.306 e. The number of carboxylic acid groups (broad SMARTS) is 1. The Labute approximate surface area is 182 Å². The highest BCUT2D eigenvalue weighted by Crippen LogP contribution is 2.23. The van der Waals surface area contributed by atoms with Gasteiger partial charge in [-0.1, -0.05) is 78.3 Å². The molecule has 0 bridgehead atoms. The van der Waals surface area contributed by atoms with Crippen LogP contribution in [0.1, 0.15) is 41.6 Å². The molecule has 0 spiro atoms. The van der Waals surface area contributed by atoms with Crippen LogP contribution in [0.4, 0.5) is 0 Å². The van der Waals surface area contributed by atoms with Crippen molar-refractivity contribution in [2.45, 2.75) is 32.1 Å². The fourth-order valence-corrected chi connectivity index (χ4v) is 3.66. The number of benzene rings is 3. The summed E-state index contributed by atoms with van der Waals surface area (Å²) < 4.78 is 0. The Kier molecular flexibility index (Phi) is 7.81. The number of rotatable bonds is 10. The van der Waals surface area contributed by atoms with Crippen LogP contribution in [0.5, 0.6) is 0 Å². The van der Waals surface area contributed by atoms with Crippen molar-refractivity contribution in [3.05, 3.63) is 95.0 Å². The molecule has 30 heavy (non-hydrogen) atoms. The monoisotopic (exact) mass is 420 g/mol. The number of hydrogen-bond donors (Lipinski definition) is 1. The molecule has 0 aliphatic carbocycles. The van der Waals surface area contributed by atoms with Crippen LogP contribution in [0, 0.1) is 5.92 Å². The summed E-state index contributed by atoms with van der Waals surface area (Å²) >= 11 is 5.92. The maximum atomic E-state index is 12.5. The van der Waals surface area contributed by atoms with Gasteiger partial charge in [0.1, 0.15) is 0 Å². The molecule has 0 heterocycles. The van der Waals surface area contributed by atoms with Crippen molar-refractivity contribution < 1.29 is 14.7 Å². The SMILES string of the molecule is O=C(CCC(CCCc1ccccc1)C(=O)O)c1ccc(-c2ccc(Cl)cc2)cc1. The Balaban J connectivity index is 1.52. The lowest BCUT2D eigenvalue weighted by atomic mass is 9.93. The topological polar surface area (TPSA) is 54.4 Å². The van der Waals surface area contributed by atoms with E-state index in [4.69, 9.17) is 11.6 Å². The predicted octanol–water partition coefficient (Wildman–Crippen LogP) is 6.69. The molecule has 0 fully saturated rings. The third kappa shape index (κ3) is 6.30. The van der Waals surface area contributed by atoms with Gasteiger partial charge in [0.25, 0.3) is 0 Å². The molecule has 0 saturated carbocycles. The van der Waals surface area contributed by atoms with Gasteiger partial charge in [-0.3, -0.25) is 9.59 Å². The van der Waals surface area contributed by atoms with Crippen molar-refractivity contribution in [2.24, 2.45) is 5.92 Å². The highest BCUT2D eigenvalue weighted by Gasteiger charge is 2.19. The van der Waals surface area contributed by atoms with Crippen LogP contribution in [0.3, 0.4) is 0 Å². The van der Waals surface area contributed by atoms with Gasteiger partial charge < -0.3 is 5.11 Å². The average molecular weight is 421 g/mol. The van der Waals surface area contributed by atoms with Crippen LogP contribution >= 0.6 is 11.6 Å². The van der Waals surface area contributed by atoms with Crippen molar-refractivity contribution in [3.8, 4) is 11.1 Å². The molecule has 3 rings (SSSR count). The second-order valence-electron chi connectivity index (χ2n) is 7.46. The first-order chi connectivity index (χ1) is 14.5. The molecule has 0 aromatic heterocycles. The van der Waals surface area contributed by atoms with Gasteiger partial charge in [-0.05, 0) is 54.5 Å². The minimum absolute atomic E-state index is 0.0213. The van der Waals surface area contributed by atoms with Crippen LogP contribution < -0.4 is 0 Å². The molecule has 3 aromatic carbocycles. The average Bonchev–Trinajstić information content (AvgIpc) is 2.77. The fourth-order valence-electron chi connectivity index (χ4n) is 3.53. The molecule has 0 radical (unpaired) electrons. The predicted molar refractivity (Wildman–Crippen MR) is 121 cm³/mol. The zero-order valence-corrected chi connectivity index (χ0v) is 17.5. The molecule has 0 saturated heterocycles. The first-order valence-corrected chi connectivity index (χ1v) is 10.6. The molecular formula is C26H25ClO3. The third-order valence-electron chi connectivity index (χ3n) is 5.31. The van der Waals surface area contributed by atoms with Crippen LogP contribution in [-0.4, -0.2) is 16.9 Å². The van der Waals surface area contributed by atoms with Crippen LogP contribution in [0.15, 0.2) is 78.9 Å². The van der Waals surface area contributed by atoms with Crippen molar-refractivity contribution in [3.63, 3.8) is 0 Å². The number of carbonyl (C=O) groups is 2. The number of carboxylic acids is 1. The summed E-state index contributed by atoms with van der Waals surface area (Å²) in [5, 5.41) is 10.2. The van der Waals surface area contributed by atoms with Crippen LogP contribution in [0.2, 0.25) is 5.02 Å². The Bertz CT molecular complexity index is 963. The Morgan fingerprint density at radius 3 is 2.00 bits per heavy atom. The van der Waals surface area contributed by atoms with E-state index >= 15 is 0 Å². The lowest BCUT2D eigenvalue weighted by Gasteiger charge is -2.12. The van der Waals surface area contributed by atoms with Crippen molar-refractivity contribution in [2.75, 3.05) is 0 Å². The summed E-state index contributed by atoms with van der Waals surface area (Å²) in [6.45, 7) is 0. The van der Waals surface area contributed by atoms with Gasteiger partial charge in [0, 0.05) is 17.0 Å². The summed E-state index contributed by atoms with van der Waals surface area (Å²) in [4.78, 5) is 24.1. The molecule has 3 aromatic rings. The van der Waals surface area contributed by atoms with Gasteiger partial charge in [-0.25, -0.2) is 0 Å². The molecule has 1 atom stereocenters. The van der Waals surface area contributed by atoms with Crippen molar-refractivity contribution >= 4 is 23.4 Å². The molecule has 0 aliphatic heterocycles. The van der Waals surface area contributed by atoms with E-state index < -0.39 is 11.9 Å². The largest absolute Gasteiger partial charge is 0.481 e. The van der Waals surface area contributed by atoms with E-state index in [2.05, 4.69) is 0 Å². The summed E-state index contributed by atoms with van der Waals surface area (Å²) in [5.41, 5.74) is 3.86. The Morgan fingerprint density at radius 2 is 1.40 bits per heavy atom. The number of carbonyl (C=O) groups excluding carboxylic acids is 1. The molecule has 0 amide bonds. The van der Waals surface area contributed by atoms with E-state index in [0.29, 0.717) is 23.4 Å². The van der Waals surface area contributed by atoms with Gasteiger partial charge in [0.05, 0.1) is 5.92 Å². The zero-order chi connectivity index (χ0) is 21.3. The van der Waals surface area contributed by atoms with E-state index in [1.165, 1.54) is 5.56 Å². The molecule has 4 heteroatoms. The Morgan fingerprint density at radius 1 is 0.800 bits per heavy atom. The highest BCUT2D eigenvalue weighted by atomic mass is 35.5. The van der Waals surface area contributed by atoms with E-state index in [-0.39, 0.29) is 12.2 Å². The summed E-state index contributed by atoms with van der Waals surface area (Å²) in [6, 6.07) is 25.0. The standard InChI is InChI=1S/C26H25ClO3/c27-24-16-13-21(14-17-24)20-9-11-22(12-10-20)25(28)18-15-23(26(29)30)8-4-7-19-5-2-1-3-6-19/h1-3,5-6,9-14,16-17,23H,4,7-8,15,18H2,(H,29,30).